The van der Waals surface area contributed by atoms with E-state index in [-0.39, 0.29) is 6.61 Å². The van der Waals surface area contributed by atoms with Crippen LogP contribution < -0.4 is 14.8 Å². The maximum atomic E-state index is 10.0. The van der Waals surface area contributed by atoms with Crippen molar-refractivity contribution in [1.82, 2.24) is 4.98 Å². The second-order valence-corrected chi connectivity index (χ2v) is 5.13. The number of benzene rings is 1. The fourth-order valence-electron chi connectivity index (χ4n) is 2.39. The summed E-state index contributed by atoms with van der Waals surface area (Å²) in [4.78, 5) is 18.7. The van der Waals surface area contributed by atoms with Gasteiger partial charge in [-0.2, -0.15) is 0 Å². The number of methoxy groups -OCH3 is 2. The van der Waals surface area contributed by atoms with E-state index in [1.165, 1.54) is 0 Å². The number of unbranched alkanes of at least 4 members (excludes halogenated alkanes) is 2. The number of anilines is 1. The van der Waals surface area contributed by atoms with Gasteiger partial charge in [-0.3, -0.25) is 4.98 Å². The molecule has 2 rings (SSSR count). The van der Waals surface area contributed by atoms with E-state index >= 15 is 0 Å². The van der Waals surface area contributed by atoms with Crippen LogP contribution in [0.25, 0.3) is 10.9 Å². The summed E-state index contributed by atoms with van der Waals surface area (Å²) in [5.74, 6) is 1.29. The third-order valence-corrected chi connectivity index (χ3v) is 3.58. The van der Waals surface area contributed by atoms with Crippen molar-refractivity contribution in [1.29, 1.82) is 0 Å². The monoisotopic (exact) mass is 335 g/mol. The highest BCUT2D eigenvalue weighted by Crippen LogP contribution is 2.34. The molecule has 0 bridgehead atoms. The molecule has 8 heteroatoms. The Morgan fingerprint density at radius 3 is 2.62 bits per heavy atom. The van der Waals surface area contributed by atoms with Crippen molar-refractivity contribution in [3.8, 4) is 11.5 Å². The van der Waals surface area contributed by atoms with Crippen LogP contribution in [0, 0.1) is 10.1 Å². The van der Waals surface area contributed by atoms with E-state index in [2.05, 4.69) is 15.1 Å². The third-order valence-electron chi connectivity index (χ3n) is 3.58. The van der Waals surface area contributed by atoms with Crippen LogP contribution in [0.3, 0.4) is 0 Å². The van der Waals surface area contributed by atoms with E-state index in [9.17, 15) is 10.1 Å². The highest BCUT2D eigenvalue weighted by atomic mass is 16.9. The molecule has 0 saturated heterocycles. The Morgan fingerprint density at radius 2 is 1.92 bits per heavy atom. The predicted molar refractivity (Wildman–Crippen MR) is 90.1 cm³/mol. The Bertz CT molecular complexity index is 693. The van der Waals surface area contributed by atoms with Gasteiger partial charge in [0, 0.05) is 29.9 Å². The second-order valence-electron chi connectivity index (χ2n) is 5.13. The van der Waals surface area contributed by atoms with Crippen LogP contribution in [0.2, 0.25) is 0 Å². The summed E-state index contributed by atoms with van der Waals surface area (Å²) in [6, 6.07) is 5.65. The number of rotatable bonds is 10. The van der Waals surface area contributed by atoms with Gasteiger partial charge in [0.05, 0.1) is 26.3 Å². The second kappa shape index (κ2) is 8.76. The summed E-state index contributed by atoms with van der Waals surface area (Å²) in [7, 11) is 3.19. The Morgan fingerprint density at radius 1 is 1.17 bits per heavy atom. The molecule has 8 nitrogen and oxygen atoms in total. The largest absolute Gasteiger partial charge is 0.493 e. The highest BCUT2D eigenvalue weighted by Gasteiger charge is 2.09. The van der Waals surface area contributed by atoms with Crippen LogP contribution in [-0.2, 0) is 4.84 Å². The van der Waals surface area contributed by atoms with Gasteiger partial charge in [-0.15, -0.1) is 10.1 Å². The van der Waals surface area contributed by atoms with E-state index in [0.717, 1.165) is 36.0 Å². The molecule has 0 aliphatic heterocycles. The number of hydrogen-bond donors (Lipinski definition) is 1. The summed E-state index contributed by atoms with van der Waals surface area (Å²) in [5.41, 5.74) is 1.78. The van der Waals surface area contributed by atoms with Crippen molar-refractivity contribution in [2.24, 2.45) is 0 Å². The smallest absolute Gasteiger partial charge is 0.294 e. The predicted octanol–water partition coefficient (Wildman–Crippen LogP) is 3.04. The van der Waals surface area contributed by atoms with E-state index < -0.39 is 5.09 Å². The van der Waals surface area contributed by atoms with Crippen LogP contribution in [-0.4, -0.2) is 37.4 Å². The van der Waals surface area contributed by atoms with Crippen molar-refractivity contribution >= 4 is 16.6 Å². The fraction of sp³-hybridized carbons (Fsp3) is 0.438. The van der Waals surface area contributed by atoms with E-state index in [1.807, 2.05) is 18.2 Å². The van der Waals surface area contributed by atoms with Crippen molar-refractivity contribution < 1.29 is 19.4 Å². The van der Waals surface area contributed by atoms with Gasteiger partial charge < -0.3 is 19.6 Å². The highest BCUT2D eigenvalue weighted by molar-refractivity contribution is 5.93. The molecule has 1 N–H and O–H groups in total. The first-order valence-electron chi connectivity index (χ1n) is 7.67. The fourth-order valence-corrected chi connectivity index (χ4v) is 2.39. The number of hydrogen-bond acceptors (Lipinski definition) is 7. The molecule has 0 aliphatic rings. The summed E-state index contributed by atoms with van der Waals surface area (Å²) < 4.78 is 10.6. The third kappa shape index (κ3) is 4.61. The first-order valence-corrected chi connectivity index (χ1v) is 7.67. The first kappa shape index (κ1) is 17.6. The molecule has 130 valence electrons. The van der Waals surface area contributed by atoms with Crippen molar-refractivity contribution in [2.75, 3.05) is 32.7 Å². The van der Waals surface area contributed by atoms with Gasteiger partial charge in [-0.05, 0) is 31.4 Å². The van der Waals surface area contributed by atoms with Gasteiger partial charge in [-0.1, -0.05) is 0 Å². The lowest BCUT2D eigenvalue weighted by Gasteiger charge is -2.12. The standard InChI is InChI=1S/C16H21N3O5/c1-22-15-10-12-13(6-8-18-14(12)11-16(15)23-2)17-7-4-3-5-9-24-19(20)21/h6,8,10-11H,3-5,7,9H2,1-2H3,(H,17,18). The average Bonchev–Trinajstić information content (AvgIpc) is 2.59. The van der Waals surface area contributed by atoms with E-state index in [4.69, 9.17) is 9.47 Å². The lowest BCUT2D eigenvalue weighted by molar-refractivity contribution is -0.757. The number of pyridine rings is 1. The molecule has 0 radical (unpaired) electrons. The normalized spacial score (nSPS) is 10.4. The summed E-state index contributed by atoms with van der Waals surface area (Å²) in [5, 5.41) is 13.6. The number of fused-ring (bicyclic) bond motifs is 1. The quantitative estimate of drug-likeness (QED) is 0.405. The minimum Gasteiger partial charge on any atom is -0.493 e. The van der Waals surface area contributed by atoms with Gasteiger partial charge in [-0.25, -0.2) is 0 Å². The lowest BCUT2D eigenvalue weighted by atomic mass is 10.1. The Balaban J connectivity index is 1.95. The topological polar surface area (TPSA) is 95.8 Å². The molecule has 0 amide bonds. The van der Waals surface area contributed by atoms with Crippen molar-refractivity contribution in [3.63, 3.8) is 0 Å². The van der Waals surface area contributed by atoms with Gasteiger partial charge >= 0.3 is 0 Å². The zero-order valence-corrected chi connectivity index (χ0v) is 13.8. The molecule has 0 unspecified atom stereocenters. The number of ether oxygens (including phenoxy) is 2. The molecule has 2 aromatic rings. The summed E-state index contributed by atoms with van der Waals surface area (Å²) in [6.45, 7) is 0.897. The zero-order chi connectivity index (χ0) is 17.4. The van der Waals surface area contributed by atoms with Gasteiger partial charge in [0.15, 0.2) is 11.5 Å². The lowest BCUT2D eigenvalue weighted by Crippen LogP contribution is -2.05. The van der Waals surface area contributed by atoms with Gasteiger partial charge in [0.1, 0.15) is 0 Å². The van der Waals surface area contributed by atoms with Crippen LogP contribution in [0.5, 0.6) is 11.5 Å². The van der Waals surface area contributed by atoms with Crippen LogP contribution in [0.15, 0.2) is 24.4 Å². The van der Waals surface area contributed by atoms with Crippen LogP contribution in [0.1, 0.15) is 19.3 Å². The van der Waals surface area contributed by atoms with Gasteiger partial charge in [0.25, 0.3) is 5.09 Å². The number of nitrogens with zero attached hydrogens (tertiary/aromatic N) is 2. The minimum absolute atomic E-state index is 0.141. The Labute approximate surface area is 139 Å². The summed E-state index contributed by atoms with van der Waals surface area (Å²) in [6.07, 6.45) is 4.13. The maximum absolute atomic E-state index is 10.0. The molecule has 1 heterocycles. The van der Waals surface area contributed by atoms with Crippen LogP contribution >= 0.6 is 0 Å². The van der Waals surface area contributed by atoms with Gasteiger partial charge in [0.2, 0.25) is 0 Å². The molecule has 1 aromatic heterocycles. The molecule has 0 atom stereocenters. The van der Waals surface area contributed by atoms with Crippen LogP contribution in [0.4, 0.5) is 5.69 Å². The SMILES string of the molecule is COc1cc2nccc(NCCCCCO[N+](=O)[O-])c2cc1OC. The van der Waals surface area contributed by atoms with Crippen molar-refractivity contribution in [2.45, 2.75) is 19.3 Å². The molecule has 24 heavy (non-hydrogen) atoms. The average molecular weight is 335 g/mol. The van der Waals surface area contributed by atoms with E-state index in [1.54, 1.807) is 20.4 Å². The molecule has 1 aromatic carbocycles. The molecular formula is C16H21N3O5. The molecule has 0 aliphatic carbocycles. The Kier molecular flexibility index (Phi) is 6.41. The minimum atomic E-state index is -0.761. The van der Waals surface area contributed by atoms with Crippen molar-refractivity contribution in [3.05, 3.63) is 34.5 Å². The zero-order valence-electron chi connectivity index (χ0n) is 13.8. The number of nitrogens with one attached hydrogen (secondary N) is 1. The molecule has 0 spiro atoms. The summed E-state index contributed by atoms with van der Waals surface area (Å²) >= 11 is 0. The Hall–Kier alpha value is -2.77. The molecular weight excluding hydrogens is 314 g/mol. The molecule has 0 saturated carbocycles. The first-order chi connectivity index (χ1) is 11.7. The molecule has 0 fully saturated rings. The maximum Gasteiger partial charge on any atom is 0.294 e. The number of aromatic nitrogens is 1. The van der Waals surface area contributed by atoms with E-state index in [0.29, 0.717) is 17.9 Å².